The Morgan fingerprint density at radius 1 is 1.67 bits per heavy atom. The monoisotopic (exact) mass is 304 g/mol. The Hall–Kier alpha value is 0.832. The molecule has 0 saturated carbocycles. The van der Waals surface area contributed by atoms with Crippen molar-refractivity contribution in [3.63, 3.8) is 0 Å². The van der Waals surface area contributed by atoms with Crippen LogP contribution in [0, 0.1) is 0 Å². The summed E-state index contributed by atoms with van der Waals surface area (Å²) in [4.78, 5) is 0. The molecule has 0 rings (SSSR count). The van der Waals surface area contributed by atoms with Gasteiger partial charge in [0.15, 0.2) is 0 Å². The Morgan fingerprint density at radius 3 is 1.83 bits per heavy atom. The van der Waals surface area contributed by atoms with E-state index >= 15 is 0 Å². The first-order valence-corrected chi connectivity index (χ1v) is 8.11. The third-order valence-electron chi connectivity index (χ3n) is 0.232. The topological polar surface area (TPSA) is 43.4 Å². The molecule has 0 N–H and O–H groups in total. The van der Waals surface area contributed by atoms with Crippen LogP contribution in [0.3, 0.4) is 0 Å². The maximum atomic E-state index is 9.85. The van der Waals surface area contributed by atoms with Gasteiger partial charge < -0.3 is 0 Å². The summed E-state index contributed by atoms with van der Waals surface area (Å²) >= 11 is -0.104. The van der Waals surface area contributed by atoms with E-state index in [0.29, 0.717) is 0 Å². The van der Waals surface area contributed by atoms with Gasteiger partial charge in [-0.3, -0.25) is 0 Å². The molecule has 0 aliphatic carbocycles. The quantitative estimate of drug-likeness (QED) is 0.570. The fraction of sp³-hybridized carbons (Fsp3) is 1.00. The fourth-order valence-corrected chi connectivity index (χ4v) is 0. The Balaban J connectivity index is 3.85. The molecule has 0 spiro atoms. The molecule has 2 radical (unpaired) electrons. The second kappa shape index (κ2) is 2.22. The summed E-state index contributed by atoms with van der Waals surface area (Å²) in [5, 5.41) is 0. The van der Waals surface area contributed by atoms with Gasteiger partial charge in [0.1, 0.15) is 0 Å². The molecular weight excluding hydrogens is 299 g/mol. The summed E-state index contributed by atoms with van der Waals surface area (Å²) in [6.07, 6.45) is 0. The Kier molecular flexibility index (Phi) is 2.53. The van der Waals surface area contributed by atoms with Crippen LogP contribution < -0.4 is 0 Å². The Bertz CT molecular complexity index is 113. The molecule has 0 atom stereocenters. The van der Waals surface area contributed by atoms with Gasteiger partial charge in [0.25, 0.3) is 0 Å². The molecule has 0 heterocycles. The van der Waals surface area contributed by atoms with Crippen LogP contribution in [-0.4, -0.2) is 39.8 Å². The molecule has 0 saturated heterocycles. The minimum atomic E-state index is -3.00. The van der Waals surface area contributed by atoms with Gasteiger partial charge in [0.2, 0.25) is 0 Å². The van der Waals surface area contributed by atoms with Gasteiger partial charge in [-0.1, -0.05) is 0 Å². The SMILES string of the molecule is CO[S](=O)(=O)[PbH]. The molecule has 0 aromatic carbocycles. The van der Waals surface area contributed by atoms with E-state index in [4.69, 9.17) is 0 Å². The molecule has 0 amide bonds. The van der Waals surface area contributed by atoms with E-state index in [0.717, 1.165) is 7.11 Å². The molecule has 36 valence electrons. The van der Waals surface area contributed by atoms with Crippen molar-refractivity contribution in [2.75, 3.05) is 7.11 Å². The minimum absolute atomic E-state index is 0.104. The van der Waals surface area contributed by atoms with Crippen molar-refractivity contribution in [2.45, 2.75) is 0 Å². The molecule has 0 fully saturated rings. The van der Waals surface area contributed by atoms with Gasteiger partial charge in [0, 0.05) is 0 Å². The van der Waals surface area contributed by atoms with Crippen molar-refractivity contribution in [3.8, 4) is 0 Å². The zero-order chi connectivity index (χ0) is 5.21. The number of rotatable bonds is 1. The van der Waals surface area contributed by atoms with Gasteiger partial charge in [0.05, 0.1) is 0 Å². The van der Waals surface area contributed by atoms with Crippen molar-refractivity contribution >= 4 is 30.9 Å². The van der Waals surface area contributed by atoms with Crippen LogP contribution in [0.1, 0.15) is 0 Å². The van der Waals surface area contributed by atoms with E-state index in [9.17, 15) is 8.42 Å². The predicted molar refractivity (Wildman–Crippen MR) is 23.1 cm³/mol. The van der Waals surface area contributed by atoms with E-state index in [-0.39, 0.29) is 24.3 Å². The average Bonchev–Trinajstić information content (AvgIpc) is 1.35. The van der Waals surface area contributed by atoms with Crippen LogP contribution in [-0.2, 0) is 10.9 Å². The standard InChI is InChI=1S/CH3O3S.Pb.H/c1-4-5(2)3;;/h1H3;;. The van der Waals surface area contributed by atoms with Crippen LogP contribution in [0.2, 0.25) is 0 Å². The predicted octanol–water partition coefficient (Wildman–Crippen LogP) is -1.22. The van der Waals surface area contributed by atoms with Crippen molar-refractivity contribution in [1.29, 1.82) is 0 Å². The van der Waals surface area contributed by atoms with Crippen LogP contribution >= 0.6 is 0 Å². The van der Waals surface area contributed by atoms with Crippen molar-refractivity contribution in [3.05, 3.63) is 0 Å². The maximum absolute atomic E-state index is 9.85. The third-order valence-corrected chi connectivity index (χ3v) is 2.94. The molecule has 0 unspecified atom stereocenters. The second-order valence-electron chi connectivity index (χ2n) is 0.659. The van der Waals surface area contributed by atoms with Crippen LogP contribution in [0.5, 0.6) is 0 Å². The summed E-state index contributed by atoms with van der Waals surface area (Å²) in [6.45, 7) is -3.00. The van der Waals surface area contributed by atoms with Gasteiger partial charge >= 0.3 is 50.6 Å². The number of hydrogen-bond donors (Lipinski definition) is 0. The molecular formula is CH4O3PbS. The molecule has 3 nitrogen and oxygen atoms in total. The van der Waals surface area contributed by atoms with Gasteiger partial charge in [-0.05, 0) is 0 Å². The van der Waals surface area contributed by atoms with Crippen molar-refractivity contribution in [2.24, 2.45) is 0 Å². The van der Waals surface area contributed by atoms with E-state index in [1.54, 1.807) is 0 Å². The molecule has 6 heavy (non-hydrogen) atoms. The van der Waals surface area contributed by atoms with E-state index < -0.39 is 6.67 Å². The molecule has 0 aliphatic heterocycles. The second-order valence-corrected chi connectivity index (χ2v) is 8.71. The van der Waals surface area contributed by atoms with Crippen LogP contribution in [0.15, 0.2) is 0 Å². The normalized spacial score (nSPS) is 11.7. The molecule has 0 aromatic rings. The van der Waals surface area contributed by atoms with E-state index in [2.05, 4.69) is 4.18 Å². The molecule has 5 heteroatoms. The van der Waals surface area contributed by atoms with Gasteiger partial charge in [-0.2, -0.15) is 0 Å². The first-order valence-electron chi connectivity index (χ1n) is 1.14. The zero-order valence-corrected chi connectivity index (χ0v) is 8.52. The van der Waals surface area contributed by atoms with E-state index in [1.165, 1.54) is 0 Å². The number of hydrogen-bond acceptors (Lipinski definition) is 3. The molecule has 0 aliphatic rings. The summed E-state index contributed by atoms with van der Waals surface area (Å²) < 4.78 is 23.7. The van der Waals surface area contributed by atoms with Crippen molar-refractivity contribution < 1.29 is 12.6 Å². The van der Waals surface area contributed by atoms with Crippen LogP contribution in [0.25, 0.3) is 0 Å². The molecule has 0 bridgehead atoms. The van der Waals surface area contributed by atoms with E-state index in [1.807, 2.05) is 0 Å². The third kappa shape index (κ3) is 4.83. The summed E-state index contributed by atoms with van der Waals surface area (Å²) in [7, 11) is 1.16. The Labute approximate surface area is 50.7 Å². The van der Waals surface area contributed by atoms with Gasteiger partial charge in [-0.15, -0.1) is 0 Å². The summed E-state index contributed by atoms with van der Waals surface area (Å²) in [5.74, 6) is 0. The van der Waals surface area contributed by atoms with Crippen LogP contribution in [0.4, 0.5) is 0 Å². The van der Waals surface area contributed by atoms with Gasteiger partial charge in [-0.25, -0.2) is 0 Å². The fourth-order valence-electron chi connectivity index (χ4n) is 0. The summed E-state index contributed by atoms with van der Waals surface area (Å²) in [5.41, 5.74) is 0. The van der Waals surface area contributed by atoms with Crippen molar-refractivity contribution in [1.82, 2.24) is 0 Å². The molecule has 0 aromatic heterocycles. The first kappa shape index (κ1) is 6.83. The zero-order valence-electron chi connectivity index (χ0n) is 3.21. The average molecular weight is 303 g/mol. The Morgan fingerprint density at radius 2 is 1.83 bits per heavy atom. The first-order chi connectivity index (χ1) is 2.56. The summed E-state index contributed by atoms with van der Waals surface area (Å²) in [6, 6.07) is 0.